The summed E-state index contributed by atoms with van der Waals surface area (Å²) in [7, 11) is 1.59. The number of aromatic nitrogens is 2. The molecule has 2 aromatic carbocycles. The van der Waals surface area contributed by atoms with Crippen LogP contribution in [0.4, 0.5) is 5.69 Å². The van der Waals surface area contributed by atoms with Crippen LogP contribution in [0.3, 0.4) is 0 Å². The van der Waals surface area contributed by atoms with Crippen LogP contribution in [0.25, 0.3) is 21.9 Å². The zero-order chi connectivity index (χ0) is 27.8. The monoisotopic (exact) mass is 554 g/mol. The summed E-state index contributed by atoms with van der Waals surface area (Å²) in [6, 6.07) is 16.2. The van der Waals surface area contributed by atoms with E-state index in [4.69, 9.17) is 9.15 Å². The quantitative estimate of drug-likeness (QED) is 0.259. The molecule has 1 saturated heterocycles. The molecule has 3 aromatic heterocycles. The molecule has 0 unspecified atom stereocenters. The highest BCUT2D eigenvalue weighted by atomic mass is 32.1. The summed E-state index contributed by atoms with van der Waals surface area (Å²) in [4.78, 5) is 48.7. The summed E-state index contributed by atoms with van der Waals surface area (Å²) in [6.45, 7) is 2.60. The maximum absolute atomic E-state index is 13.3. The largest absolute Gasteiger partial charge is 0.496 e. The number of furan rings is 1. The van der Waals surface area contributed by atoms with Crippen LogP contribution in [-0.4, -0.2) is 52.7 Å². The van der Waals surface area contributed by atoms with Crippen molar-refractivity contribution in [3.05, 3.63) is 82.1 Å². The van der Waals surface area contributed by atoms with Gasteiger partial charge in [-0.1, -0.05) is 12.1 Å². The Morgan fingerprint density at radius 2 is 1.82 bits per heavy atom. The number of anilines is 1. The smallest absolute Gasteiger partial charge is 0.275 e. The Kier molecular flexibility index (Phi) is 6.77. The number of methoxy groups -OCH3 is 1. The Labute approximate surface area is 233 Å². The molecule has 1 N–H and O–H groups in total. The van der Waals surface area contributed by atoms with Crippen LogP contribution >= 0.6 is 11.3 Å². The van der Waals surface area contributed by atoms with E-state index in [0.29, 0.717) is 41.5 Å². The van der Waals surface area contributed by atoms with Gasteiger partial charge in [-0.3, -0.25) is 14.4 Å². The number of hydrogen-bond donors (Lipinski definition) is 1. The molecule has 0 aliphatic carbocycles. The number of piperidine rings is 1. The molecule has 4 heterocycles. The second kappa shape index (κ2) is 10.5. The second-order valence-corrected chi connectivity index (χ2v) is 10.6. The lowest BCUT2D eigenvalue weighted by molar-refractivity contribution is 0.0707. The number of ketones is 1. The number of carbonyl (C=O) groups excluding carboxylic acids is 3. The van der Waals surface area contributed by atoms with E-state index in [2.05, 4.69) is 15.3 Å². The number of amides is 2. The number of nitrogens with one attached hydrogen (secondary N) is 1. The van der Waals surface area contributed by atoms with Crippen molar-refractivity contribution in [1.82, 2.24) is 14.9 Å². The van der Waals surface area contributed by atoms with Crippen molar-refractivity contribution in [3.8, 4) is 5.75 Å². The molecule has 0 spiro atoms. The first-order chi connectivity index (χ1) is 19.4. The van der Waals surface area contributed by atoms with Crippen molar-refractivity contribution in [2.24, 2.45) is 0 Å². The number of rotatable bonds is 6. The third-order valence-electron chi connectivity index (χ3n) is 7.12. The van der Waals surface area contributed by atoms with Crippen molar-refractivity contribution >= 4 is 56.5 Å². The van der Waals surface area contributed by atoms with Gasteiger partial charge in [0.25, 0.3) is 11.8 Å². The van der Waals surface area contributed by atoms with Crippen LogP contribution in [0, 0.1) is 0 Å². The van der Waals surface area contributed by atoms with Crippen LogP contribution in [-0.2, 0) is 0 Å². The fourth-order valence-electron chi connectivity index (χ4n) is 4.98. The van der Waals surface area contributed by atoms with Crippen molar-refractivity contribution in [2.75, 3.05) is 25.5 Å². The molecule has 0 atom stereocenters. The number of carbonyl (C=O) groups is 3. The van der Waals surface area contributed by atoms with Crippen molar-refractivity contribution in [1.29, 1.82) is 0 Å². The van der Waals surface area contributed by atoms with E-state index in [1.54, 1.807) is 42.8 Å². The Balaban J connectivity index is 1.09. The predicted molar refractivity (Wildman–Crippen MR) is 152 cm³/mol. The van der Waals surface area contributed by atoms with Crippen LogP contribution in [0.1, 0.15) is 62.2 Å². The SMILES string of the molecule is COc1cc(C(=O)N2CCC(c3nc(C(=O)Nc4ccc5oc(C(C)=O)cc5c4)cs3)CC2)nc2ccccc12. The van der Waals surface area contributed by atoms with Gasteiger partial charge in [0.1, 0.15) is 22.7 Å². The van der Waals surface area contributed by atoms with Gasteiger partial charge in [0.2, 0.25) is 0 Å². The number of hydrogen-bond acceptors (Lipinski definition) is 8. The summed E-state index contributed by atoms with van der Waals surface area (Å²) < 4.78 is 11.0. The zero-order valence-electron chi connectivity index (χ0n) is 22.0. The number of likely N-dealkylation sites (tertiary alicyclic amines) is 1. The maximum Gasteiger partial charge on any atom is 0.275 e. The van der Waals surface area contributed by atoms with Gasteiger partial charge in [-0.15, -0.1) is 11.3 Å². The molecule has 2 amide bonds. The highest BCUT2D eigenvalue weighted by Gasteiger charge is 2.28. The summed E-state index contributed by atoms with van der Waals surface area (Å²) in [5, 5.41) is 7.13. The van der Waals surface area contributed by atoms with Crippen molar-refractivity contribution in [3.63, 3.8) is 0 Å². The molecule has 1 aliphatic heterocycles. The van der Waals surface area contributed by atoms with Gasteiger partial charge in [0.15, 0.2) is 11.5 Å². The Bertz CT molecular complexity index is 1770. The van der Waals surface area contributed by atoms with E-state index >= 15 is 0 Å². The van der Waals surface area contributed by atoms with Crippen LogP contribution < -0.4 is 10.1 Å². The summed E-state index contributed by atoms with van der Waals surface area (Å²) >= 11 is 1.46. The van der Waals surface area contributed by atoms with Gasteiger partial charge in [0, 0.05) is 53.8 Å². The lowest BCUT2D eigenvalue weighted by atomic mass is 9.97. The minimum absolute atomic E-state index is 0.119. The standard InChI is InChI=1S/C30H26N4O5S/c1-17(35)26-14-19-13-20(7-8-25(19)39-26)31-28(36)24-16-40-29(33-24)18-9-11-34(12-10-18)30(37)23-15-27(38-2)21-5-3-4-6-22(21)32-23/h3-8,13-16,18H,9-12H2,1-2H3,(H,31,36). The fraction of sp³-hybridized carbons (Fsp3) is 0.233. The predicted octanol–water partition coefficient (Wildman–Crippen LogP) is 5.92. The molecular formula is C30H26N4O5S. The van der Waals surface area contributed by atoms with Crippen molar-refractivity contribution in [2.45, 2.75) is 25.7 Å². The zero-order valence-corrected chi connectivity index (χ0v) is 22.8. The summed E-state index contributed by atoms with van der Waals surface area (Å²) in [5.41, 5.74) is 2.61. The number of pyridine rings is 1. The van der Waals surface area contributed by atoms with E-state index in [1.807, 2.05) is 29.2 Å². The lowest BCUT2D eigenvalue weighted by Crippen LogP contribution is -2.38. The number of benzene rings is 2. The number of Topliss-reactive ketones (excluding diaryl/α,β-unsaturated/α-hetero) is 1. The van der Waals surface area contributed by atoms with Gasteiger partial charge < -0.3 is 19.4 Å². The first-order valence-electron chi connectivity index (χ1n) is 12.9. The number of fused-ring (bicyclic) bond motifs is 2. The fourth-order valence-corrected chi connectivity index (χ4v) is 5.95. The van der Waals surface area contributed by atoms with Gasteiger partial charge >= 0.3 is 0 Å². The summed E-state index contributed by atoms with van der Waals surface area (Å²) in [5.74, 6) is 0.499. The Morgan fingerprint density at radius 3 is 2.60 bits per heavy atom. The minimum Gasteiger partial charge on any atom is -0.496 e. The molecule has 9 nitrogen and oxygen atoms in total. The Morgan fingerprint density at radius 1 is 1.02 bits per heavy atom. The van der Waals surface area contributed by atoms with Gasteiger partial charge in [0.05, 0.1) is 17.6 Å². The topological polar surface area (TPSA) is 115 Å². The molecule has 0 saturated carbocycles. The highest BCUT2D eigenvalue weighted by Crippen LogP contribution is 2.32. The normalized spacial score (nSPS) is 14.0. The first kappa shape index (κ1) is 25.7. The van der Waals surface area contributed by atoms with Gasteiger partial charge in [-0.2, -0.15) is 0 Å². The van der Waals surface area contributed by atoms with E-state index in [0.717, 1.165) is 34.1 Å². The number of ether oxygens (including phenoxy) is 1. The first-order valence-corrected chi connectivity index (χ1v) is 13.8. The molecule has 10 heteroatoms. The number of nitrogens with zero attached hydrogens (tertiary/aromatic N) is 3. The third-order valence-corrected chi connectivity index (χ3v) is 8.13. The molecule has 1 aliphatic rings. The van der Waals surface area contributed by atoms with Crippen molar-refractivity contribution < 1.29 is 23.5 Å². The van der Waals surface area contributed by atoms with Crippen LogP contribution in [0.15, 0.2) is 64.4 Å². The highest BCUT2D eigenvalue weighted by molar-refractivity contribution is 7.10. The van der Waals surface area contributed by atoms with Crippen LogP contribution in [0.5, 0.6) is 5.75 Å². The van der Waals surface area contributed by atoms with E-state index in [9.17, 15) is 14.4 Å². The second-order valence-electron chi connectivity index (χ2n) is 9.74. The van der Waals surface area contributed by atoms with E-state index in [-0.39, 0.29) is 29.3 Å². The molecule has 6 rings (SSSR count). The molecule has 0 bridgehead atoms. The lowest BCUT2D eigenvalue weighted by Gasteiger charge is -2.31. The Hall–Kier alpha value is -4.57. The minimum atomic E-state index is -0.305. The number of para-hydroxylation sites is 1. The summed E-state index contributed by atoms with van der Waals surface area (Å²) in [6.07, 6.45) is 1.50. The maximum atomic E-state index is 13.3. The molecule has 5 aromatic rings. The molecule has 40 heavy (non-hydrogen) atoms. The number of thiazole rings is 1. The van der Waals surface area contributed by atoms with E-state index in [1.165, 1.54) is 18.3 Å². The van der Waals surface area contributed by atoms with Crippen LogP contribution in [0.2, 0.25) is 0 Å². The van der Waals surface area contributed by atoms with Gasteiger partial charge in [-0.25, -0.2) is 9.97 Å². The average Bonchev–Trinajstić information content (AvgIpc) is 3.64. The van der Waals surface area contributed by atoms with E-state index < -0.39 is 0 Å². The van der Waals surface area contributed by atoms with Gasteiger partial charge in [-0.05, 0) is 49.2 Å². The molecule has 202 valence electrons. The third kappa shape index (κ3) is 4.93. The molecule has 0 radical (unpaired) electrons. The average molecular weight is 555 g/mol. The molecular weight excluding hydrogens is 528 g/mol. The molecule has 1 fully saturated rings.